The summed E-state index contributed by atoms with van der Waals surface area (Å²) < 4.78 is 2.20. The predicted octanol–water partition coefficient (Wildman–Crippen LogP) is 2.86. The molecular weight excluding hydrogens is 479 g/mol. The number of carbonyl (C=O) groups is 1. The van der Waals surface area contributed by atoms with Crippen molar-refractivity contribution in [2.75, 3.05) is 34.2 Å². The van der Waals surface area contributed by atoms with Crippen LogP contribution in [-0.4, -0.2) is 65.5 Å². The normalized spacial score (nSPS) is 19.4. The number of nitrogens with one attached hydrogen (secondary N) is 1. The quantitative estimate of drug-likeness (QED) is 0.391. The molecule has 1 aromatic heterocycles. The second-order valence-corrected chi connectivity index (χ2v) is 7.59. The van der Waals surface area contributed by atoms with Crippen LogP contribution in [0.4, 0.5) is 0 Å². The van der Waals surface area contributed by atoms with E-state index in [1.807, 2.05) is 50.0 Å². The van der Waals surface area contributed by atoms with Crippen molar-refractivity contribution in [2.45, 2.75) is 25.9 Å². The number of amides is 1. The third-order valence-corrected chi connectivity index (χ3v) is 5.40. The number of hydrogen-bond donors (Lipinski definition) is 1. The maximum Gasteiger partial charge on any atom is 0.253 e. The van der Waals surface area contributed by atoms with Crippen molar-refractivity contribution < 1.29 is 4.79 Å². The number of imidazole rings is 1. The fraction of sp³-hybridized carbons (Fsp3) is 0.476. The van der Waals surface area contributed by atoms with E-state index < -0.39 is 0 Å². The van der Waals surface area contributed by atoms with Gasteiger partial charge in [-0.3, -0.25) is 9.79 Å². The minimum atomic E-state index is 0. The number of aliphatic imine (C=N–C) groups is 1. The van der Waals surface area contributed by atoms with E-state index in [2.05, 4.69) is 31.7 Å². The van der Waals surface area contributed by atoms with Gasteiger partial charge in [0.1, 0.15) is 0 Å². The summed E-state index contributed by atoms with van der Waals surface area (Å²) in [7, 11) is 5.35. The standard InChI is InChI=1S/C21H30N6O.HI/c1-16-9-11-26(14-19(16)27-12-10-23-15-27)21(22-2)24-13-17-5-7-18(8-6-17)20(28)25(3)4;/h5-8,10,12,15-16,19H,9,11,13-14H2,1-4H3,(H,22,24);1H. The Bertz CT molecular complexity index is 803. The number of halogens is 1. The van der Waals surface area contributed by atoms with E-state index in [-0.39, 0.29) is 29.9 Å². The van der Waals surface area contributed by atoms with Gasteiger partial charge in [-0.15, -0.1) is 24.0 Å². The molecule has 1 aliphatic heterocycles. The molecule has 0 radical (unpaired) electrons. The van der Waals surface area contributed by atoms with Crippen LogP contribution in [0.1, 0.15) is 35.3 Å². The average molecular weight is 510 g/mol. The molecule has 1 N–H and O–H groups in total. The zero-order chi connectivity index (χ0) is 20.1. The monoisotopic (exact) mass is 510 g/mol. The lowest BCUT2D eigenvalue weighted by atomic mass is 9.93. The molecule has 7 nitrogen and oxygen atoms in total. The first-order valence-electron chi connectivity index (χ1n) is 9.73. The van der Waals surface area contributed by atoms with Gasteiger partial charge in [0, 0.05) is 58.7 Å². The number of piperidine rings is 1. The average Bonchev–Trinajstić information content (AvgIpc) is 3.24. The summed E-state index contributed by atoms with van der Waals surface area (Å²) >= 11 is 0. The Kier molecular flexibility index (Phi) is 8.48. The molecule has 1 amide bonds. The first kappa shape index (κ1) is 23.2. The number of hydrogen-bond acceptors (Lipinski definition) is 3. The van der Waals surface area contributed by atoms with Gasteiger partial charge in [0.2, 0.25) is 0 Å². The van der Waals surface area contributed by atoms with Crippen molar-refractivity contribution >= 4 is 35.8 Å². The molecule has 1 fully saturated rings. The fourth-order valence-electron chi connectivity index (χ4n) is 3.63. The number of rotatable bonds is 4. The van der Waals surface area contributed by atoms with Crippen LogP contribution in [0.3, 0.4) is 0 Å². The largest absolute Gasteiger partial charge is 0.352 e. The van der Waals surface area contributed by atoms with Gasteiger partial charge in [-0.1, -0.05) is 19.1 Å². The number of aromatic nitrogens is 2. The lowest BCUT2D eigenvalue weighted by molar-refractivity contribution is 0.0827. The van der Waals surface area contributed by atoms with Crippen molar-refractivity contribution in [3.63, 3.8) is 0 Å². The van der Waals surface area contributed by atoms with E-state index in [0.29, 0.717) is 24.1 Å². The molecule has 29 heavy (non-hydrogen) atoms. The van der Waals surface area contributed by atoms with Crippen LogP contribution in [0, 0.1) is 5.92 Å². The van der Waals surface area contributed by atoms with Crippen LogP contribution in [0.15, 0.2) is 48.0 Å². The van der Waals surface area contributed by atoms with Gasteiger partial charge in [0.25, 0.3) is 5.91 Å². The highest BCUT2D eigenvalue weighted by Crippen LogP contribution is 2.27. The molecule has 2 unspecified atom stereocenters. The second kappa shape index (κ2) is 10.6. The first-order valence-corrected chi connectivity index (χ1v) is 9.73. The minimum Gasteiger partial charge on any atom is -0.352 e. The van der Waals surface area contributed by atoms with Crippen LogP contribution in [0.25, 0.3) is 0 Å². The van der Waals surface area contributed by atoms with Gasteiger partial charge in [-0.25, -0.2) is 4.98 Å². The van der Waals surface area contributed by atoms with Crippen molar-refractivity contribution in [3.8, 4) is 0 Å². The predicted molar refractivity (Wildman–Crippen MR) is 127 cm³/mol. The van der Waals surface area contributed by atoms with Crippen molar-refractivity contribution in [1.29, 1.82) is 0 Å². The number of benzene rings is 1. The molecule has 2 heterocycles. The SMILES string of the molecule is CN=C(NCc1ccc(C(=O)N(C)C)cc1)N1CCC(C)C(n2ccnc2)C1.I. The van der Waals surface area contributed by atoms with E-state index in [1.54, 1.807) is 19.0 Å². The zero-order valence-electron chi connectivity index (χ0n) is 17.6. The number of nitrogens with zero attached hydrogens (tertiary/aromatic N) is 5. The zero-order valence-corrected chi connectivity index (χ0v) is 19.9. The van der Waals surface area contributed by atoms with E-state index in [1.165, 1.54) is 0 Å². The summed E-state index contributed by atoms with van der Waals surface area (Å²) in [6, 6.07) is 8.12. The number of carbonyl (C=O) groups excluding carboxylic acids is 1. The third kappa shape index (κ3) is 5.71. The van der Waals surface area contributed by atoms with Crippen LogP contribution in [-0.2, 0) is 6.54 Å². The molecule has 0 aliphatic carbocycles. The van der Waals surface area contributed by atoms with Gasteiger partial charge < -0.3 is 19.7 Å². The molecule has 1 aromatic carbocycles. The summed E-state index contributed by atoms with van der Waals surface area (Å²) in [6.45, 7) is 4.87. The molecule has 0 spiro atoms. The topological polar surface area (TPSA) is 65.8 Å². The highest BCUT2D eigenvalue weighted by molar-refractivity contribution is 14.0. The maximum absolute atomic E-state index is 12.0. The molecular formula is C21H31IN6O. The Hall–Kier alpha value is -2.10. The summed E-state index contributed by atoms with van der Waals surface area (Å²) in [6.07, 6.45) is 6.89. The third-order valence-electron chi connectivity index (χ3n) is 5.40. The molecule has 0 saturated carbocycles. The fourth-order valence-corrected chi connectivity index (χ4v) is 3.63. The smallest absolute Gasteiger partial charge is 0.253 e. The van der Waals surface area contributed by atoms with Crippen LogP contribution in [0.2, 0.25) is 0 Å². The molecule has 0 bridgehead atoms. The molecule has 2 atom stereocenters. The molecule has 3 rings (SSSR count). The van der Waals surface area contributed by atoms with Gasteiger partial charge in [0.15, 0.2) is 5.96 Å². The van der Waals surface area contributed by atoms with Gasteiger partial charge >= 0.3 is 0 Å². The van der Waals surface area contributed by atoms with Crippen LogP contribution >= 0.6 is 24.0 Å². The Labute approximate surface area is 190 Å². The maximum atomic E-state index is 12.0. The molecule has 1 aliphatic rings. The van der Waals surface area contributed by atoms with Crippen molar-refractivity contribution in [1.82, 2.24) is 24.7 Å². The molecule has 2 aromatic rings. The van der Waals surface area contributed by atoms with Crippen molar-refractivity contribution in [2.24, 2.45) is 10.9 Å². The molecule has 158 valence electrons. The minimum absolute atomic E-state index is 0. The second-order valence-electron chi connectivity index (χ2n) is 7.59. The first-order chi connectivity index (χ1) is 13.5. The summed E-state index contributed by atoms with van der Waals surface area (Å²) in [5.41, 5.74) is 1.82. The van der Waals surface area contributed by atoms with E-state index >= 15 is 0 Å². The van der Waals surface area contributed by atoms with Gasteiger partial charge in [-0.05, 0) is 30.0 Å². The van der Waals surface area contributed by atoms with Gasteiger partial charge in [0.05, 0.1) is 12.4 Å². The Morgan fingerprint density at radius 3 is 2.62 bits per heavy atom. The van der Waals surface area contributed by atoms with E-state index in [4.69, 9.17) is 0 Å². The highest BCUT2D eigenvalue weighted by Gasteiger charge is 2.28. The highest BCUT2D eigenvalue weighted by atomic mass is 127. The van der Waals surface area contributed by atoms with E-state index in [0.717, 1.165) is 31.0 Å². The molecule has 1 saturated heterocycles. The Balaban J connectivity index is 0.00000300. The lowest BCUT2D eigenvalue weighted by Crippen LogP contribution is -2.48. The summed E-state index contributed by atoms with van der Waals surface area (Å²) in [5.74, 6) is 1.53. The Morgan fingerprint density at radius 2 is 2.03 bits per heavy atom. The molecule has 8 heteroatoms. The Morgan fingerprint density at radius 1 is 1.31 bits per heavy atom. The van der Waals surface area contributed by atoms with Crippen molar-refractivity contribution in [3.05, 3.63) is 54.1 Å². The van der Waals surface area contributed by atoms with Crippen LogP contribution in [0.5, 0.6) is 0 Å². The van der Waals surface area contributed by atoms with E-state index in [9.17, 15) is 4.79 Å². The van der Waals surface area contributed by atoms with Gasteiger partial charge in [-0.2, -0.15) is 0 Å². The summed E-state index contributed by atoms with van der Waals surface area (Å²) in [4.78, 5) is 24.6. The number of likely N-dealkylation sites (tertiary alicyclic amines) is 1. The summed E-state index contributed by atoms with van der Waals surface area (Å²) in [5, 5.41) is 3.46. The number of guanidine groups is 1. The van der Waals surface area contributed by atoms with Crippen LogP contribution < -0.4 is 5.32 Å². The lowest BCUT2D eigenvalue weighted by Gasteiger charge is -2.39.